The maximum atomic E-state index is 13.9. The number of carbonyl (C=O) groups is 3. The van der Waals surface area contributed by atoms with Crippen molar-refractivity contribution in [3.8, 4) is 5.75 Å². The number of amides is 4. The Morgan fingerprint density at radius 3 is 2.39 bits per heavy atom. The third-order valence-electron chi connectivity index (χ3n) is 7.89. The monoisotopic (exact) mass is 517 g/mol. The molecule has 200 valence electrons. The number of carbonyl (C=O) groups excluding carboxylic acids is 3. The predicted octanol–water partition coefficient (Wildman–Crippen LogP) is 3.96. The lowest BCUT2D eigenvalue weighted by Gasteiger charge is -2.30. The van der Waals surface area contributed by atoms with E-state index in [4.69, 9.17) is 4.74 Å². The number of aryl methyl sites for hydroxylation is 1. The summed E-state index contributed by atoms with van der Waals surface area (Å²) in [5.41, 5.74) is 3.45. The Bertz CT molecular complexity index is 1250. The first kappa shape index (κ1) is 25.8. The van der Waals surface area contributed by atoms with Gasteiger partial charge in [-0.05, 0) is 69.1 Å². The highest BCUT2D eigenvalue weighted by Crippen LogP contribution is 2.34. The van der Waals surface area contributed by atoms with Crippen LogP contribution < -0.4 is 20.3 Å². The van der Waals surface area contributed by atoms with Crippen molar-refractivity contribution in [1.82, 2.24) is 10.2 Å². The Labute approximate surface area is 223 Å². The molecule has 1 unspecified atom stereocenters. The fourth-order valence-electron chi connectivity index (χ4n) is 5.86. The molecule has 1 aliphatic carbocycles. The van der Waals surface area contributed by atoms with Gasteiger partial charge in [0.15, 0.2) is 0 Å². The smallest absolute Gasteiger partial charge is 0.321 e. The SMILES string of the molecule is COc1cccc(NC(=O)NC2N=C(C)c3cccc(C)c3N(CC(=O)N3CC4CCC(CC4)C3)C2=O)c1. The summed E-state index contributed by atoms with van der Waals surface area (Å²) in [6.45, 7) is 5.15. The Morgan fingerprint density at radius 1 is 1.03 bits per heavy atom. The number of anilines is 2. The van der Waals surface area contributed by atoms with Crippen LogP contribution in [0.5, 0.6) is 5.75 Å². The first-order valence-electron chi connectivity index (χ1n) is 13.3. The number of hydrogen-bond donors (Lipinski definition) is 2. The molecule has 1 saturated carbocycles. The minimum Gasteiger partial charge on any atom is -0.497 e. The van der Waals surface area contributed by atoms with Gasteiger partial charge in [-0.3, -0.25) is 19.5 Å². The summed E-state index contributed by atoms with van der Waals surface area (Å²) in [7, 11) is 1.55. The zero-order chi connectivity index (χ0) is 26.8. The number of aliphatic imine (C=N–C) groups is 1. The summed E-state index contributed by atoms with van der Waals surface area (Å²) in [5.74, 6) is 1.16. The zero-order valence-corrected chi connectivity index (χ0v) is 22.2. The third kappa shape index (κ3) is 5.37. The van der Waals surface area contributed by atoms with Gasteiger partial charge in [0.25, 0.3) is 5.91 Å². The molecule has 2 aromatic rings. The van der Waals surface area contributed by atoms with E-state index in [0.29, 0.717) is 34.7 Å². The number of hydrogen-bond acceptors (Lipinski definition) is 5. The summed E-state index contributed by atoms with van der Waals surface area (Å²) in [6.07, 6.45) is 3.49. The average Bonchev–Trinajstić information content (AvgIpc) is 3.28. The van der Waals surface area contributed by atoms with Gasteiger partial charge in [0, 0.05) is 36.1 Å². The molecule has 4 amide bonds. The molecule has 2 saturated heterocycles. The van der Waals surface area contributed by atoms with Gasteiger partial charge in [-0.1, -0.05) is 24.3 Å². The molecular weight excluding hydrogens is 482 g/mol. The van der Waals surface area contributed by atoms with Gasteiger partial charge in [0.05, 0.1) is 12.8 Å². The maximum absolute atomic E-state index is 13.9. The fourth-order valence-corrected chi connectivity index (χ4v) is 5.86. The van der Waals surface area contributed by atoms with Crippen LogP contribution in [0.2, 0.25) is 0 Å². The molecule has 9 heteroatoms. The number of urea groups is 1. The van der Waals surface area contributed by atoms with E-state index in [1.807, 2.05) is 36.9 Å². The van der Waals surface area contributed by atoms with Crippen LogP contribution >= 0.6 is 0 Å². The van der Waals surface area contributed by atoms with Crippen molar-refractivity contribution < 1.29 is 19.1 Å². The van der Waals surface area contributed by atoms with E-state index < -0.39 is 18.1 Å². The molecule has 2 bridgehead atoms. The zero-order valence-electron chi connectivity index (χ0n) is 22.2. The molecule has 4 aliphatic rings. The number of para-hydroxylation sites is 1. The lowest BCUT2D eigenvalue weighted by atomic mass is 9.84. The van der Waals surface area contributed by atoms with Crippen molar-refractivity contribution in [3.05, 3.63) is 53.6 Å². The van der Waals surface area contributed by atoms with E-state index in [9.17, 15) is 14.4 Å². The van der Waals surface area contributed by atoms with Crippen molar-refractivity contribution in [2.75, 3.05) is 37.0 Å². The summed E-state index contributed by atoms with van der Waals surface area (Å²) >= 11 is 0. The van der Waals surface area contributed by atoms with Gasteiger partial charge < -0.3 is 20.3 Å². The lowest BCUT2D eigenvalue weighted by molar-refractivity contribution is -0.132. The summed E-state index contributed by atoms with van der Waals surface area (Å²) in [5, 5.41) is 5.44. The van der Waals surface area contributed by atoms with E-state index in [-0.39, 0.29) is 12.5 Å². The van der Waals surface area contributed by atoms with E-state index in [2.05, 4.69) is 15.6 Å². The van der Waals surface area contributed by atoms with Crippen molar-refractivity contribution in [3.63, 3.8) is 0 Å². The second-order valence-electron chi connectivity index (χ2n) is 10.5. The van der Waals surface area contributed by atoms with Crippen molar-refractivity contribution in [2.24, 2.45) is 16.8 Å². The fraction of sp³-hybridized carbons (Fsp3) is 0.448. The van der Waals surface area contributed by atoms with Crippen LogP contribution in [-0.2, 0) is 9.59 Å². The maximum Gasteiger partial charge on any atom is 0.321 e. The van der Waals surface area contributed by atoms with Crippen molar-refractivity contribution >= 4 is 34.9 Å². The van der Waals surface area contributed by atoms with E-state index in [1.165, 1.54) is 30.6 Å². The highest BCUT2D eigenvalue weighted by atomic mass is 16.5. The van der Waals surface area contributed by atoms with Crippen LogP contribution in [0.15, 0.2) is 47.5 Å². The first-order chi connectivity index (χ1) is 18.3. The number of fused-ring (bicyclic) bond motifs is 5. The molecule has 3 aliphatic heterocycles. The van der Waals surface area contributed by atoms with Gasteiger partial charge in [-0.25, -0.2) is 4.79 Å². The molecule has 1 atom stereocenters. The molecule has 0 spiro atoms. The van der Waals surface area contributed by atoms with Crippen LogP contribution in [-0.4, -0.2) is 61.4 Å². The molecule has 3 fully saturated rings. The van der Waals surface area contributed by atoms with Crippen LogP contribution in [0.4, 0.5) is 16.2 Å². The minimum atomic E-state index is -1.18. The predicted molar refractivity (Wildman–Crippen MR) is 147 cm³/mol. The van der Waals surface area contributed by atoms with Crippen molar-refractivity contribution in [2.45, 2.75) is 45.7 Å². The van der Waals surface area contributed by atoms with Crippen LogP contribution in [0, 0.1) is 18.8 Å². The number of benzodiazepines with no additional fused rings is 1. The number of nitrogens with zero attached hydrogens (tertiary/aromatic N) is 3. The van der Waals surface area contributed by atoms with E-state index in [1.54, 1.807) is 31.4 Å². The number of ether oxygens (including phenoxy) is 1. The van der Waals surface area contributed by atoms with Gasteiger partial charge in [0.2, 0.25) is 12.1 Å². The summed E-state index contributed by atoms with van der Waals surface area (Å²) < 4.78 is 5.22. The second kappa shape index (κ2) is 10.8. The average molecular weight is 518 g/mol. The summed E-state index contributed by atoms with van der Waals surface area (Å²) in [4.78, 5) is 48.4. The van der Waals surface area contributed by atoms with E-state index in [0.717, 1.165) is 24.2 Å². The number of nitrogens with one attached hydrogen (secondary N) is 2. The molecule has 6 rings (SSSR count). The Hall–Kier alpha value is -3.88. The molecule has 3 heterocycles. The number of benzene rings is 2. The standard InChI is InChI=1S/C29H35N5O4/c1-18-6-4-9-24-19(2)30-27(32-29(37)31-22-7-5-8-23(14-22)38-3)28(36)34(26(18)24)17-25(35)33-15-20-10-11-21(16-33)13-12-20/h4-9,14,20-21,27H,10-13,15-17H2,1-3H3,(H2,31,32,37). The quantitative estimate of drug-likeness (QED) is 0.627. The Balaban J connectivity index is 1.39. The molecule has 0 aromatic heterocycles. The summed E-state index contributed by atoms with van der Waals surface area (Å²) in [6, 6.07) is 12.1. The normalized spacial score (nSPS) is 22.7. The topological polar surface area (TPSA) is 103 Å². The molecule has 0 radical (unpaired) electrons. The minimum absolute atomic E-state index is 0.0644. The largest absolute Gasteiger partial charge is 0.497 e. The van der Waals surface area contributed by atoms with E-state index >= 15 is 0 Å². The number of methoxy groups -OCH3 is 1. The lowest BCUT2D eigenvalue weighted by Crippen LogP contribution is -2.52. The van der Waals surface area contributed by atoms with Crippen LogP contribution in [0.25, 0.3) is 0 Å². The van der Waals surface area contributed by atoms with Crippen LogP contribution in [0.1, 0.15) is 43.7 Å². The first-order valence-corrected chi connectivity index (χ1v) is 13.3. The van der Waals surface area contributed by atoms with Gasteiger partial charge in [-0.15, -0.1) is 0 Å². The molecule has 38 heavy (non-hydrogen) atoms. The molecule has 2 N–H and O–H groups in total. The highest BCUT2D eigenvalue weighted by molar-refractivity contribution is 6.14. The molecule has 2 aromatic carbocycles. The highest BCUT2D eigenvalue weighted by Gasteiger charge is 2.37. The molecular formula is C29H35N5O4. The number of rotatable bonds is 5. The van der Waals surface area contributed by atoms with Gasteiger partial charge in [-0.2, -0.15) is 0 Å². The Kier molecular flexibility index (Phi) is 7.35. The van der Waals surface area contributed by atoms with Gasteiger partial charge in [0.1, 0.15) is 12.3 Å². The molecule has 9 nitrogen and oxygen atoms in total. The van der Waals surface area contributed by atoms with Gasteiger partial charge >= 0.3 is 6.03 Å². The second-order valence-corrected chi connectivity index (χ2v) is 10.5. The Morgan fingerprint density at radius 2 is 1.71 bits per heavy atom. The van der Waals surface area contributed by atoms with Crippen LogP contribution in [0.3, 0.4) is 0 Å². The van der Waals surface area contributed by atoms with Crippen molar-refractivity contribution in [1.29, 1.82) is 0 Å². The third-order valence-corrected chi connectivity index (χ3v) is 7.89.